The highest BCUT2D eigenvalue weighted by Crippen LogP contribution is 2.21. The van der Waals surface area contributed by atoms with Crippen LogP contribution in [0.4, 0.5) is 10.5 Å². The largest absolute Gasteiger partial charge is 0.453 e. The fourth-order valence-corrected chi connectivity index (χ4v) is 4.26. The van der Waals surface area contributed by atoms with Crippen molar-refractivity contribution in [3.05, 3.63) is 88.3 Å². The molecule has 0 saturated heterocycles. The van der Waals surface area contributed by atoms with E-state index in [1.165, 1.54) is 31.0 Å². The molecule has 10 nitrogen and oxygen atoms in total. The Morgan fingerprint density at radius 2 is 1.65 bits per heavy atom. The minimum Gasteiger partial charge on any atom is -0.453 e. The number of methoxy groups -OCH3 is 1. The topological polar surface area (TPSA) is 160 Å². The van der Waals surface area contributed by atoms with Gasteiger partial charge >= 0.3 is 16.4 Å². The Bertz CT molecular complexity index is 1200. The van der Waals surface area contributed by atoms with Gasteiger partial charge in [-0.25, -0.2) is 4.79 Å². The summed E-state index contributed by atoms with van der Waals surface area (Å²) in [6, 6.07) is 13.9. The first-order valence-corrected chi connectivity index (χ1v) is 13.7. The minimum atomic E-state index is -4.40. The van der Waals surface area contributed by atoms with Crippen LogP contribution in [-0.2, 0) is 32.7 Å². The molecule has 0 aliphatic rings. The molecule has 2 atom stereocenters. The van der Waals surface area contributed by atoms with Crippen LogP contribution in [-0.4, -0.2) is 44.2 Å². The van der Waals surface area contributed by atoms with Gasteiger partial charge in [0, 0.05) is 12.1 Å². The van der Waals surface area contributed by atoms with Crippen LogP contribution < -0.4 is 21.1 Å². The van der Waals surface area contributed by atoms with Crippen LogP contribution >= 0.6 is 11.8 Å². The number of anilines is 1. The lowest BCUT2D eigenvalue weighted by Crippen LogP contribution is -2.52. The predicted octanol–water partition coefficient (Wildman–Crippen LogP) is 3.35. The van der Waals surface area contributed by atoms with Gasteiger partial charge in [0.1, 0.15) is 6.04 Å². The van der Waals surface area contributed by atoms with Gasteiger partial charge in [-0.15, -0.1) is 11.8 Å². The van der Waals surface area contributed by atoms with E-state index in [0.29, 0.717) is 5.70 Å². The van der Waals surface area contributed by atoms with Crippen LogP contribution in [0.2, 0.25) is 0 Å². The van der Waals surface area contributed by atoms with Crippen LogP contribution in [0.15, 0.2) is 77.2 Å². The van der Waals surface area contributed by atoms with Crippen LogP contribution in [0.1, 0.15) is 24.5 Å². The smallest absolute Gasteiger partial charge is 0.407 e. The highest BCUT2D eigenvalue weighted by molar-refractivity contribution is 8.05. The summed E-state index contributed by atoms with van der Waals surface area (Å²) >= 11 is 1.36. The summed E-state index contributed by atoms with van der Waals surface area (Å²) < 4.78 is 37.7. The fraction of sp³-hybridized carbons (Fsp3) is 0.280. The van der Waals surface area contributed by atoms with Crippen LogP contribution in [0.3, 0.4) is 0 Å². The summed E-state index contributed by atoms with van der Waals surface area (Å²) in [5.74, 6) is -0.459. The Balaban J connectivity index is 2.28. The molecule has 2 rings (SSSR count). The van der Waals surface area contributed by atoms with E-state index >= 15 is 0 Å². The second kappa shape index (κ2) is 14.3. The SMILES string of the molecule is C=C(CC)S/C=C(\N)[C@H](Cc1ccc(NS(=O)(=O)O)cc1)NC(=O)[C@H](Cc1ccccc1)NC(=O)OC. The van der Waals surface area contributed by atoms with Gasteiger partial charge in [0.05, 0.1) is 18.8 Å². The summed E-state index contributed by atoms with van der Waals surface area (Å²) in [6.07, 6.45) is 0.508. The van der Waals surface area contributed by atoms with Crippen molar-refractivity contribution >= 4 is 39.8 Å². The molecule has 0 heterocycles. The van der Waals surface area contributed by atoms with Crippen molar-refractivity contribution in [1.29, 1.82) is 0 Å². The standard InChI is InChI=1S/C25H32N4O6S2/c1-4-17(2)36-16-21(26)22(14-19-10-12-20(13-11-19)29-37(32,33)34)27-24(30)23(28-25(31)35-3)15-18-8-6-5-7-9-18/h5-13,16,22-23,29H,2,4,14-15,26H2,1,3H3,(H,27,30)(H,28,31)(H,32,33,34)/b21-16-/t22-,23-/m0/s1. The average Bonchev–Trinajstić information content (AvgIpc) is 2.86. The molecule has 0 aliphatic heterocycles. The molecule has 0 fully saturated rings. The number of alkyl carbamates (subject to hydrolysis) is 1. The van der Waals surface area contributed by atoms with Gasteiger partial charge in [0.2, 0.25) is 5.91 Å². The van der Waals surface area contributed by atoms with E-state index < -0.39 is 34.4 Å². The number of hydrogen-bond donors (Lipinski definition) is 5. The van der Waals surface area contributed by atoms with E-state index in [1.54, 1.807) is 17.5 Å². The molecule has 0 saturated carbocycles. The van der Waals surface area contributed by atoms with Crippen molar-refractivity contribution in [2.75, 3.05) is 11.8 Å². The average molecular weight is 549 g/mol. The number of hydrogen-bond acceptors (Lipinski definition) is 7. The highest BCUT2D eigenvalue weighted by atomic mass is 32.2. The van der Waals surface area contributed by atoms with E-state index in [4.69, 9.17) is 15.0 Å². The lowest BCUT2D eigenvalue weighted by molar-refractivity contribution is -0.123. The minimum absolute atomic E-state index is 0.176. The lowest BCUT2D eigenvalue weighted by Gasteiger charge is -2.24. The molecule has 2 aromatic rings. The highest BCUT2D eigenvalue weighted by Gasteiger charge is 2.25. The number of nitrogens with one attached hydrogen (secondary N) is 3. The summed E-state index contributed by atoms with van der Waals surface area (Å²) in [6.45, 7) is 5.91. The van der Waals surface area contributed by atoms with E-state index in [9.17, 15) is 18.0 Å². The van der Waals surface area contributed by atoms with Crippen molar-refractivity contribution in [3.8, 4) is 0 Å². The maximum atomic E-state index is 13.3. The van der Waals surface area contributed by atoms with Crippen molar-refractivity contribution in [3.63, 3.8) is 0 Å². The number of amides is 2. The van der Waals surface area contributed by atoms with Crippen molar-refractivity contribution in [1.82, 2.24) is 10.6 Å². The van der Waals surface area contributed by atoms with Gasteiger partial charge < -0.3 is 21.1 Å². The third kappa shape index (κ3) is 11.0. The number of nitrogens with two attached hydrogens (primary N) is 1. The molecule has 0 aromatic heterocycles. The molecule has 0 radical (unpaired) electrons. The summed E-state index contributed by atoms with van der Waals surface area (Å²) in [4.78, 5) is 26.1. The first-order valence-electron chi connectivity index (χ1n) is 11.3. The summed E-state index contributed by atoms with van der Waals surface area (Å²) in [7, 11) is -3.18. The Morgan fingerprint density at radius 1 is 1.05 bits per heavy atom. The number of carbonyl (C=O) groups is 2. The molecule has 0 bridgehead atoms. The zero-order chi connectivity index (χ0) is 27.4. The van der Waals surface area contributed by atoms with Crippen molar-refractivity contribution in [2.24, 2.45) is 5.73 Å². The van der Waals surface area contributed by atoms with Crippen LogP contribution in [0.25, 0.3) is 0 Å². The van der Waals surface area contributed by atoms with Crippen molar-refractivity contribution in [2.45, 2.75) is 38.3 Å². The van der Waals surface area contributed by atoms with Crippen molar-refractivity contribution < 1.29 is 27.3 Å². The Hall–Kier alpha value is -3.48. The van der Waals surface area contributed by atoms with Gasteiger partial charge in [-0.05, 0) is 46.4 Å². The molecular formula is C25H32N4O6S2. The van der Waals surface area contributed by atoms with E-state index in [2.05, 4.69) is 17.2 Å². The first kappa shape index (κ1) is 29.7. The molecule has 6 N–H and O–H groups in total. The monoisotopic (exact) mass is 548 g/mol. The van der Waals surface area contributed by atoms with Crippen LogP contribution in [0, 0.1) is 0 Å². The molecule has 200 valence electrons. The van der Waals surface area contributed by atoms with E-state index in [0.717, 1.165) is 22.5 Å². The summed E-state index contributed by atoms with van der Waals surface area (Å²) in [5, 5.41) is 7.20. The van der Waals surface area contributed by atoms with E-state index in [-0.39, 0.29) is 18.5 Å². The number of benzene rings is 2. The maximum absolute atomic E-state index is 13.3. The maximum Gasteiger partial charge on any atom is 0.407 e. The molecule has 0 spiro atoms. The van der Waals surface area contributed by atoms with Gasteiger partial charge in [-0.1, -0.05) is 56.0 Å². The Kier molecular flexibility index (Phi) is 11.5. The third-order valence-electron chi connectivity index (χ3n) is 5.19. The summed E-state index contributed by atoms with van der Waals surface area (Å²) in [5.41, 5.74) is 8.50. The predicted molar refractivity (Wildman–Crippen MR) is 146 cm³/mol. The van der Waals surface area contributed by atoms with Gasteiger partial charge in [0.25, 0.3) is 0 Å². The number of ether oxygens (including phenoxy) is 1. The number of allylic oxidation sites excluding steroid dienone is 1. The molecule has 0 aliphatic carbocycles. The quantitative estimate of drug-likeness (QED) is 0.238. The Labute approximate surface area is 221 Å². The number of thioether (sulfide) groups is 1. The fourth-order valence-electron chi connectivity index (χ4n) is 3.20. The second-order valence-electron chi connectivity index (χ2n) is 8.05. The van der Waals surface area contributed by atoms with Crippen LogP contribution in [0.5, 0.6) is 0 Å². The van der Waals surface area contributed by atoms with Gasteiger partial charge in [-0.3, -0.25) is 14.1 Å². The molecule has 0 unspecified atom stereocenters. The molecule has 12 heteroatoms. The van der Waals surface area contributed by atoms with Gasteiger partial charge in [0.15, 0.2) is 0 Å². The second-order valence-corrected chi connectivity index (χ2v) is 10.2. The van der Waals surface area contributed by atoms with Gasteiger partial charge in [-0.2, -0.15) is 8.42 Å². The first-order chi connectivity index (χ1) is 17.5. The molecule has 2 amide bonds. The zero-order valence-electron chi connectivity index (χ0n) is 20.6. The Morgan fingerprint density at radius 3 is 2.22 bits per heavy atom. The lowest BCUT2D eigenvalue weighted by atomic mass is 10.0. The van der Waals surface area contributed by atoms with E-state index in [1.807, 2.05) is 42.0 Å². The molecular weight excluding hydrogens is 516 g/mol. The normalized spacial score (nSPS) is 13.2. The number of rotatable bonds is 13. The third-order valence-corrected chi connectivity index (χ3v) is 6.70. The zero-order valence-corrected chi connectivity index (χ0v) is 22.3. The molecule has 2 aromatic carbocycles. The number of carbonyl (C=O) groups excluding carboxylic acids is 2. The molecule has 37 heavy (non-hydrogen) atoms.